The number of nitrogens with two attached hydrogens (primary N) is 1. The molecule has 1 heterocycles. The Kier molecular flexibility index (Phi) is 6.21. The molecule has 1 aromatic heterocycles. The van der Waals surface area contributed by atoms with Crippen molar-refractivity contribution in [3.05, 3.63) is 35.2 Å². The van der Waals surface area contributed by atoms with Gasteiger partial charge in [-0.25, -0.2) is 0 Å². The summed E-state index contributed by atoms with van der Waals surface area (Å²) in [6.07, 6.45) is 5.29. The predicted octanol–water partition coefficient (Wildman–Crippen LogP) is 4.09. The predicted molar refractivity (Wildman–Crippen MR) is 85.1 cm³/mol. The van der Waals surface area contributed by atoms with Gasteiger partial charge in [0.05, 0.1) is 0 Å². The molecule has 114 valence electrons. The Labute approximate surface area is 130 Å². The van der Waals surface area contributed by atoms with Crippen LogP contribution in [0.15, 0.2) is 28.8 Å². The highest BCUT2D eigenvalue weighted by Crippen LogP contribution is 2.22. The molecule has 2 rings (SSSR count). The van der Waals surface area contributed by atoms with Crippen LogP contribution >= 0.6 is 11.6 Å². The molecule has 0 aliphatic carbocycles. The van der Waals surface area contributed by atoms with Crippen molar-refractivity contribution >= 4 is 11.6 Å². The summed E-state index contributed by atoms with van der Waals surface area (Å²) >= 11 is 5.98. The highest BCUT2D eigenvalue weighted by atomic mass is 35.5. The molecule has 0 aliphatic rings. The Balaban J connectivity index is 1.96. The van der Waals surface area contributed by atoms with Crippen LogP contribution in [0.2, 0.25) is 5.02 Å². The summed E-state index contributed by atoms with van der Waals surface area (Å²) in [5.41, 5.74) is 6.54. The molecule has 0 spiro atoms. The van der Waals surface area contributed by atoms with Crippen molar-refractivity contribution < 1.29 is 4.52 Å². The number of aryl methyl sites for hydroxylation is 1. The zero-order valence-corrected chi connectivity index (χ0v) is 13.1. The maximum atomic E-state index is 5.98. The monoisotopic (exact) mass is 307 g/mol. The average molecular weight is 308 g/mol. The van der Waals surface area contributed by atoms with Gasteiger partial charge in [-0.3, -0.25) is 0 Å². The van der Waals surface area contributed by atoms with Crippen LogP contribution in [0.3, 0.4) is 0 Å². The van der Waals surface area contributed by atoms with Gasteiger partial charge in [-0.15, -0.1) is 0 Å². The Bertz CT molecular complexity index is 550. The Morgan fingerprint density at radius 1 is 1.29 bits per heavy atom. The number of hydrogen-bond donors (Lipinski definition) is 1. The molecule has 0 saturated carbocycles. The summed E-state index contributed by atoms with van der Waals surface area (Å²) in [6.45, 7) is 2.94. The highest BCUT2D eigenvalue weighted by Gasteiger charge is 2.12. The summed E-state index contributed by atoms with van der Waals surface area (Å²) in [5.74, 6) is 1.92. The first kappa shape index (κ1) is 16.0. The zero-order valence-electron chi connectivity index (χ0n) is 12.4. The van der Waals surface area contributed by atoms with Crippen LogP contribution in [0.5, 0.6) is 0 Å². The van der Waals surface area contributed by atoms with Crippen LogP contribution < -0.4 is 5.73 Å². The van der Waals surface area contributed by atoms with Crippen LogP contribution in [0.1, 0.15) is 38.5 Å². The van der Waals surface area contributed by atoms with E-state index in [9.17, 15) is 0 Å². The lowest BCUT2D eigenvalue weighted by atomic mass is 9.94. The lowest BCUT2D eigenvalue weighted by Gasteiger charge is -2.13. The Morgan fingerprint density at radius 3 is 2.86 bits per heavy atom. The van der Waals surface area contributed by atoms with E-state index >= 15 is 0 Å². The smallest absolute Gasteiger partial charge is 0.226 e. The van der Waals surface area contributed by atoms with Crippen molar-refractivity contribution in [1.82, 2.24) is 10.1 Å². The van der Waals surface area contributed by atoms with Crippen molar-refractivity contribution in [3.8, 4) is 11.4 Å². The first-order valence-electron chi connectivity index (χ1n) is 7.51. The van der Waals surface area contributed by atoms with E-state index < -0.39 is 0 Å². The lowest BCUT2D eigenvalue weighted by molar-refractivity contribution is 0.349. The minimum absolute atomic E-state index is 0.596. The SMILES string of the molecule is CCCC(CCN)CCc1nc(-c2cccc(Cl)c2)no1. The van der Waals surface area contributed by atoms with Gasteiger partial charge in [0.2, 0.25) is 11.7 Å². The van der Waals surface area contributed by atoms with Crippen LogP contribution in [0.25, 0.3) is 11.4 Å². The molecule has 0 saturated heterocycles. The van der Waals surface area contributed by atoms with Gasteiger partial charge in [-0.1, -0.05) is 48.7 Å². The topological polar surface area (TPSA) is 64.9 Å². The van der Waals surface area contributed by atoms with Gasteiger partial charge in [0, 0.05) is 17.0 Å². The quantitative estimate of drug-likeness (QED) is 0.797. The summed E-state index contributed by atoms with van der Waals surface area (Å²) in [4.78, 5) is 4.45. The van der Waals surface area contributed by atoms with Gasteiger partial charge in [-0.2, -0.15) is 4.98 Å². The van der Waals surface area contributed by atoms with Gasteiger partial charge in [-0.05, 0) is 37.4 Å². The van der Waals surface area contributed by atoms with E-state index in [-0.39, 0.29) is 0 Å². The van der Waals surface area contributed by atoms with Crippen molar-refractivity contribution in [3.63, 3.8) is 0 Å². The third kappa shape index (κ3) is 4.83. The molecule has 0 bridgehead atoms. The number of nitrogens with zero attached hydrogens (tertiary/aromatic N) is 2. The van der Waals surface area contributed by atoms with Crippen LogP contribution in [0.4, 0.5) is 0 Å². The van der Waals surface area contributed by atoms with E-state index in [4.69, 9.17) is 21.9 Å². The van der Waals surface area contributed by atoms with E-state index in [2.05, 4.69) is 17.1 Å². The van der Waals surface area contributed by atoms with Gasteiger partial charge in [0.25, 0.3) is 0 Å². The molecule has 5 heteroatoms. The maximum Gasteiger partial charge on any atom is 0.226 e. The molecular weight excluding hydrogens is 286 g/mol. The lowest BCUT2D eigenvalue weighted by Crippen LogP contribution is -2.09. The average Bonchev–Trinajstić information content (AvgIpc) is 2.94. The molecule has 1 aromatic carbocycles. The summed E-state index contributed by atoms with van der Waals surface area (Å²) in [6, 6.07) is 7.47. The molecule has 1 unspecified atom stereocenters. The van der Waals surface area contributed by atoms with E-state index in [1.54, 1.807) is 0 Å². The third-order valence-corrected chi connectivity index (χ3v) is 3.82. The number of rotatable bonds is 8. The number of benzene rings is 1. The van der Waals surface area contributed by atoms with Crippen LogP contribution in [0, 0.1) is 5.92 Å². The first-order valence-corrected chi connectivity index (χ1v) is 7.89. The fourth-order valence-corrected chi connectivity index (χ4v) is 2.70. The molecule has 0 radical (unpaired) electrons. The van der Waals surface area contributed by atoms with Crippen LogP contribution in [-0.2, 0) is 6.42 Å². The minimum Gasteiger partial charge on any atom is -0.339 e. The van der Waals surface area contributed by atoms with E-state index in [0.29, 0.717) is 22.7 Å². The second kappa shape index (κ2) is 8.15. The molecule has 1 atom stereocenters. The maximum absolute atomic E-state index is 5.98. The molecule has 4 nitrogen and oxygen atoms in total. The summed E-state index contributed by atoms with van der Waals surface area (Å²) in [5, 5.41) is 4.70. The van der Waals surface area contributed by atoms with Gasteiger partial charge >= 0.3 is 0 Å². The fraction of sp³-hybridized carbons (Fsp3) is 0.500. The third-order valence-electron chi connectivity index (χ3n) is 3.59. The fourth-order valence-electron chi connectivity index (χ4n) is 2.51. The molecule has 0 aliphatic heterocycles. The standard InChI is InChI=1S/C16H22ClN3O/c1-2-4-12(9-10-18)7-8-15-19-16(20-21-15)13-5-3-6-14(17)11-13/h3,5-6,11-12H,2,4,7-10,18H2,1H3. The molecule has 0 fully saturated rings. The first-order chi connectivity index (χ1) is 10.2. The normalized spacial score (nSPS) is 12.5. The van der Waals surface area contributed by atoms with Gasteiger partial charge in [0.1, 0.15) is 0 Å². The Hall–Kier alpha value is -1.39. The number of halogens is 1. The van der Waals surface area contributed by atoms with E-state index in [1.807, 2.05) is 24.3 Å². The van der Waals surface area contributed by atoms with E-state index in [1.165, 1.54) is 12.8 Å². The number of hydrogen-bond acceptors (Lipinski definition) is 4. The van der Waals surface area contributed by atoms with Gasteiger partial charge < -0.3 is 10.3 Å². The van der Waals surface area contributed by atoms with Crippen molar-refractivity contribution in [2.45, 2.75) is 39.0 Å². The summed E-state index contributed by atoms with van der Waals surface area (Å²) in [7, 11) is 0. The molecule has 0 amide bonds. The number of aromatic nitrogens is 2. The Morgan fingerprint density at radius 2 is 2.14 bits per heavy atom. The second-order valence-corrected chi connectivity index (χ2v) is 5.73. The van der Waals surface area contributed by atoms with Crippen molar-refractivity contribution in [1.29, 1.82) is 0 Å². The van der Waals surface area contributed by atoms with Crippen molar-refractivity contribution in [2.24, 2.45) is 11.7 Å². The van der Waals surface area contributed by atoms with E-state index in [0.717, 1.165) is 31.4 Å². The molecular formula is C16H22ClN3O. The molecule has 21 heavy (non-hydrogen) atoms. The molecule has 2 aromatic rings. The minimum atomic E-state index is 0.596. The highest BCUT2D eigenvalue weighted by molar-refractivity contribution is 6.30. The largest absolute Gasteiger partial charge is 0.339 e. The van der Waals surface area contributed by atoms with Gasteiger partial charge in [0.15, 0.2) is 0 Å². The zero-order chi connectivity index (χ0) is 15.1. The second-order valence-electron chi connectivity index (χ2n) is 5.29. The summed E-state index contributed by atoms with van der Waals surface area (Å²) < 4.78 is 5.33. The molecule has 2 N–H and O–H groups in total. The van der Waals surface area contributed by atoms with Crippen LogP contribution in [-0.4, -0.2) is 16.7 Å². The van der Waals surface area contributed by atoms with Crippen molar-refractivity contribution in [2.75, 3.05) is 6.54 Å².